The van der Waals surface area contributed by atoms with Crippen LogP contribution in [0.25, 0.3) is 0 Å². The number of phenolic OH excluding ortho intramolecular Hbond substituents is 3. The zero-order chi connectivity index (χ0) is 17.3. The Morgan fingerprint density at radius 3 is 2.38 bits per heavy atom. The van der Waals surface area contributed by atoms with Gasteiger partial charge in [-0.05, 0) is 17.7 Å². The molecule has 0 unspecified atom stereocenters. The molecule has 1 heterocycles. The highest BCUT2D eigenvalue weighted by atomic mass is 32.2. The maximum Gasteiger partial charge on any atom is 0.151 e. The van der Waals surface area contributed by atoms with Gasteiger partial charge in [-0.1, -0.05) is 12.1 Å². The number of thioether (sulfide) groups is 1. The number of hydrogen-bond donors (Lipinski definition) is 5. The van der Waals surface area contributed by atoms with Crippen LogP contribution in [0, 0.1) is 0 Å². The summed E-state index contributed by atoms with van der Waals surface area (Å²) in [7, 11) is 0. The van der Waals surface area contributed by atoms with Gasteiger partial charge in [-0.3, -0.25) is 0 Å². The maximum absolute atomic E-state index is 10.8. The molecule has 2 aromatic rings. The first-order valence-electron chi connectivity index (χ1n) is 7.43. The minimum atomic E-state index is -0.978. The molecule has 0 radical (unpaired) electrons. The Balaban J connectivity index is 2.03. The van der Waals surface area contributed by atoms with Crippen molar-refractivity contribution in [3.05, 3.63) is 47.5 Å². The van der Waals surface area contributed by atoms with E-state index in [-0.39, 0.29) is 29.6 Å². The van der Waals surface area contributed by atoms with Gasteiger partial charge < -0.3 is 30.3 Å². The second-order valence-electron chi connectivity index (χ2n) is 5.51. The van der Waals surface area contributed by atoms with Crippen LogP contribution in [0.4, 0.5) is 0 Å². The van der Waals surface area contributed by atoms with Gasteiger partial charge in [0.1, 0.15) is 29.1 Å². The fourth-order valence-electron chi connectivity index (χ4n) is 2.81. The standard InChI is InChI=1S/C17H18O6S/c18-5-6-24-17-14-12(21)7-11(20)8-13(14)23-16(15(17)22)9-1-3-10(19)4-2-9/h1-4,7-8,15-22H,5-6H2/t15-,16-,17-/m0/s1. The molecule has 1 aliphatic rings. The van der Waals surface area contributed by atoms with Crippen molar-refractivity contribution in [2.45, 2.75) is 17.5 Å². The van der Waals surface area contributed by atoms with Gasteiger partial charge in [-0.25, -0.2) is 0 Å². The number of aliphatic hydroxyl groups is 2. The molecule has 24 heavy (non-hydrogen) atoms. The molecular formula is C17H18O6S. The van der Waals surface area contributed by atoms with Crippen molar-refractivity contribution >= 4 is 11.8 Å². The SMILES string of the molecule is OCCS[C@H]1c2c(O)cc(O)cc2O[C@@H](c2ccc(O)cc2)[C@@H]1O. The van der Waals surface area contributed by atoms with Crippen LogP contribution in [0.15, 0.2) is 36.4 Å². The van der Waals surface area contributed by atoms with E-state index in [9.17, 15) is 20.4 Å². The number of rotatable bonds is 4. The molecule has 7 heteroatoms. The lowest BCUT2D eigenvalue weighted by Gasteiger charge is -2.37. The van der Waals surface area contributed by atoms with Crippen molar-refractivity contribution in [1.29, 1.82) is 0 Å². The molecule has 1 aliphatic heterocycles. The topological polar surface area (TPSA) is 110 Å². The summed E-state index contributed by atoms with van der Waals surface area (Å²) in [6, 6.07) is 8.87. The van der Waals surface area contributed by atoms with Crippen LogP contribution in [-0.4, -0.2) is 44.0 Å². The van der Waals surface area contributed by atoms with Crippen LogP contribution < -0.4 is 4.74 Å². The predicted molar refractivity (Wildman–Crippen MR) is 89.5 cm³/mol. The predicted octanol–water partition coefficient (Wildman–Crippen LogP) is 2.06. The molecule has 3 rings (SSSR count). The van der Waals surface area contributed by atoms with E-state index < -0.39 is 17.5 Å². The van der Waals surface area contributed by atoms with E-state index in [1.807, 2.05) is 0 Å². The Bertz CT molecular complexity index is 718. The summed E-state index contributed by atoms with van der Waals surface area (Å²) in [4.78, 5) is 0. The maximum atomic E-state index is 10.8. The summed E-state index contributed by atoms with van der Waals surface area (Å²) in [6.07, 6.45) is -1.70. The fraction of sp³-hybridized carbons (Fsp3) is 0.294. The lowest BCUT2D eigenvalue weighted by Crippen LogP contribution is -2.33. The quantitative estimate of drug-likeness (QED) is 0.574. The van der Waals surface area contributed by atoms with Gasteiger partial charge in [-0.2, -0.15) is 0 Å². The molecule has 0 aromatic heterocycles. The number of aromatic hydroxyl groups is 3. The van der Waals surface area contributed by atoms with E-state index in [1.165, 1.54) is 36.0 Å². The summed E-state index contributed by atoms with van der Waals surface area (Å²) in [6.45, 7) is -0.0627. The van der Waals surface area contributed by atoms with E-state index in [4.69, 9.17) is 9.84 Å². The van der Waals surface area contributed by atoms with Crippen molar-refractivity contribution in [2.75, 3.05) is 12.4 Å². The van der Waals surface area contributed by atoms with Crippen LogP contribution in [0.2, 0.25) is 0 Å². The molecule has 6 nitrogen and oxygen atoms in total. The van der Waals surface area contributed by atoms with Gasteiger partial charge >= 0.3 is 0 Å². The lowest BCUT2D eigenvalue weighted by atomic mass is 9.93. The van der Waals surface area contributed by atoms with Gasteiger partial charge in [0.2, 0.25) is 0 Å². The number of aliphatic hydroxyl groups excluding tert-OH is 2. The van der Waals surface area contributed by atoms with Crippen molar-refractivity contribution in [3.63, 3.8) is 0 Å². The van der Waals surface area contributed by atoms with Crippen LogP contribution >= 0.6 is 11.8 Å². The van der Waals surface area contributed by atoms with Crippen molar-refractivity contribution in [1.82, 2.24) is 0 Å². The number of ether oxygens (including phenoxy) is 1. The second-order valence-corrected chi connectivity index (χ2v) is 6.76. The number of benzene rings is 2. The normalized spacial score (nSPS) is 22.7. The largest absolute Gasteiger partial charge is 0.508 e. The molecule has 5 N–H and O–H groups in total. The van der Waals surface area contributed by atoms with Crippen molar-refractivity contribution in [3.8, 4) is 23.0 Å². The molecule has 2 aromatic carbocycles. The molecule has 0 saturated carbocycles. The Hall–Kier alpha value is -2.09. The highest BCUT2D eigenvalue weighted by Gasteiger charge is 2.40. The summed E-state index contributed by atoms with van der Waals surface area (Å²) >= 11 is 1.30. The summed E-state index contributed by atoms with van der Waals surface area (Å²) < 4.78 is 5.81. The van der Waals surface area contributed by atoms with Gasteiger partial charge in [0, 0.05) is 17.9 Å². The van der Waals surface area contributed by atoms with Crippen LogP contribution in [0.3, 0.4) is 0 Å². The molecule has 0 bridgehead atoms. The van der Waals surface area contributed by atoms with Gasteiger partial charge in [0.05, 0.1) is 17.4 Å². The van der Waals surface area contributed by atoms with Gasteiger partial charge in [0.15, 0.2) is 6.10 Å². The second kappa shape index (κ2) is 6.80. The Labute approximate surface area is 143 Å². The smallest absolute Gasteiger partial charge is 0.151 e. The van der Waals surface area contributed by atoms with Crippen LogP contribution in [0.1, 0.15) is 22.5 Å². The zero-order valence-electron chi connectivity index (χ0n) is 12.7. The monoisotopic (exact) mass is 350 g/mol. The first kappa shape index (κ1) is 16.8. The van der Waals surface area contributed by atoms with E-state index in [2.05, 4.69) is 0 Å². The van der Waals surface area contributed by atoms with Gasteiger partial charge in [-0.15, -0.1) is 11.8 Å². The first-order valence-corrected chi connectivity index (χ1v) is 8.48. The van der Waals surface area contributed by atoms with Crippen LogP contribution in [0.5, 0.6) is 23.0 Å². The van der Waals surface area contributed by atoms with E-state index in [1.54, 1.807) is 12.1 Å². The molecular weight excluding hydrogens is 332 g/mol. The highest BCUT2D eigenvalue weighted by molar-refractivity contribution is 7.99. The molecule has 0 fully saturated rings. The lowest BCUT2D eigenvalue weighted by molar-refractivity contribution is 0.0175. The fourth-order valence-corrected chi connectivity index (χ4v) is 3.91. The molecule has 0 saturated heterocycles. The molecule has 128 valence electrons. The summed E-state index contributed by atoms with van der Waals surface area (Å²) in [5.41, 5.74) is 1.05. The van der Waals surface area contributed by atoms with E-state index in [0.717, 1.165) is 0 Å². The number of hydrogen-bond acceptors (Lipinski definition) is 7. The average molecular weight is 350 g/mol. The summed E-state index contributed by atoms with van der Waals surface area (Å²) in [5, 5.41) is 48.6. The number of phenols is 3. The Kier molecular flexibility index (Phi) is 4.75. The molecule has 3 atom stereocenters. The third-order valence-electron chi connectivity index (χ3n) is 3.87. The third kappa shape index (κ3) is 3.10. The van der Waals surface area contributed by atoms with Gasteiger partial charge in [0.25, 0.3) is 0 Å². The average Bonchev–Trinajstić information content (AvgIpc) is 2.54. The third-order valence-corrected chi connectivity index (χ3v) is 5.17. The minimum absolute atomic E-state index is 0.0627. The van der Waals surface area contributed by atoms with Crippen molar-refractivity contribution in [2.24, 2.45) is 0 Å². The Morgan fingerprint density at radius 1 is 1.00 bits per heavy atom. The first-order chi connectivity index (χ1) is 11.5. The summed E-state index contributed by atoms with van der Waals surface area (Å²) in [5.74, 6) is 0.461. The Morgan fingerprint density at radius 2 is 1.71 bits per heavy atom. The van der Waals surface area contributed by atoms with Crippen molar-refractivity contribution < 1.29 is 30.3 Å². The van der Waals surface area contributed by atoms with E-state index >= 15 is 0 Å². The van der Waals surface area contributed by atoms with Crippen LogP contribution in [-0.2, 0) is 0 Å². The highest BCUT2D eigenvalue weighted by Crippen LogP contribution is 2.52. The number of fused-ring (bicyclic) bond motifs is 1. The zero-order valence-corrected chi connectivity index (χ0v) is 13.5. The minimum Gasteiger partial charge on any atom is -0.508 e. The molecule has 0 spiro atoms. The molecule has 0 aliphatic carbocycles. The molecule has 0 amide bonds. The van der Waals surface area contributed by atoms with E-state index in [0.29, 0.717) is 16.9 Å².